The van der Waals surface area contributed by atoms with Gasteiger partial charge in [0.15, 0.2) is 25.5 Å². The number of carbonyl (C=O) groups excluding carboxylic acids is 1. The number of amides is 1. The maximum Gasteiger partial charge on any atom is 0.233 e. The van der Waals surface area contributed by atoms with Crippen LogP contribution in [0, 0.1) is 6.92 Å². The number of ether oxygens (including phenoxy) is 1. The van der Waals surface area contributed by atoms with Gasteiger partial charge in [0.1, 0.15) is 15.1 Å². The van der Waals surface area contributed by atoms with Gasteiger partial charge < -0.3 is 25.2 Å². The fraction of sp³-hybridized carbons (Fsp3) is 0.486. The third-order valence-corrected chi connectivity index (χ3v) is 14.6. The maximum atomic E-state index is 13.1. The molecule has 0 spiro atoms. The molecule has 1 aromatic heterocycles. The molecule has 52 heavy (non-hydrogen) atoms. The second kappa shape index (κ2) is 16.9. The number of benzene rings is 2. The van der Waals surface area contributed by atoms with Gasteiger partial charge in [-0.2, -0.15) is 4.98 Å². The minimum Gasteiger partial charge on any atom is -0.489 e. The summed E-state index contributed by atoms with van der Waals surface area (Å²) in [5.74, 6) is 1.77. The Hall–Kier alpha value is -3.18. The molecule has 2 aliphatic heterocycles. The van der Waals surface area contributed by atoms with Crippen molar-refractivity contribution < 1.29 is 26.4 Å². The monoisotopic (exact) mass is 808 g/mol. The van der Waals surface area contributed by atoms with Crippen molar-refractivity contribution in [1.29, 1.82) is 0 Å². The van der Waals surface area contributed by atoms with E-state index in [2.05, 4.69) is 26.7 Å². The van der Waals surface area contributed by atoms with Crippen molar-refractivity contribution >= 4 is 88.6 Å². The van der Waals surface area contributed by atoms with Crippen LogP contribution in [0.1, 0.15) is 57.6 Å². The molecule has 0 aliphatic carbocycles. The molecule has 12 nitrogen and oxygen atoms in total. The number of thiocarbonyl (C=S) groups is 1. The van der Waals surface area contributed by atoms with E-state index in [9.17, 15) is 21.6 Å². The van der Waals surface area contributed by atoms with Gasteiger partial charge in [-0.25, -0.2) is 21.8 Å². The molecule has 0 bridgehead atoms. The zero-order valence-corrected chi connectivity index (χ0v) is 33.9. The van der Waals surface area contributed by atoms with Crippen molar-refractivity contribution in [2.24, 2.45) is 0 Å². The minimum atomic E-state index is -3.58. The van der Waals surface area contributed by atoms with E-state index in [1.807, 2.05) is 36.6 Å². The van der Waals surface area contributed by atoms with E-state index in [0.717, 1.165) is 24.0 Å². The summed E-state index contributed by atoms with van der Waals surface area (Å²) in [4.78, 5) is 25.9. The average Bonchev–Trinajstić information content (AvgIpc) is 3.09. The lowest BCUT2D eigenvalue weighted by atomic mass is 9.86. The number of piperidine rings is 1. The molecule has 0 unspecified atom stereocenters. The fourth-order valence-electron chi connectivity index (χ4n) is 6.07. The molecule has 2 saturated heterocycles. The smallest absolute Gasteiger partial charge is 0.233 e. The molecule has 5 rings (SSSR count). The highest BCUT2D eigenvalue weighted by Crippen LogP contribution is 2.39. The summed E-state index contributed by atoms with van der Waals surface area (Å²) in [7, 11) is -6.58. The standard InChI is InChI=1S/C35H45ClN6O6S4/c1-22(2)48-30-19-26(25-10-12-41(13-11-25)32(43)21-50-35(49)42-14-16-51(44,45)17-15-42)24(5)18-29(30)39-34-37-20-27(36)33(40-34)38-28-8-6-7-9-31(28)52(46,47)23(3)4/h6-9,18-20,22-23,25H,10-17,21H2,1-5H3,(H2,37,38,39,40). The number of carbonyl (C=O) groups is 1. The van der Waals surface area contributed by atoms with Crippen LogP contribution in [0.2, 0.25) is 5.02 Å². The van der Waals surface area contributed by atoms with E-state index in [1.165, 1.54) is 18.0 Å². The summed E-state index contributed by atoms with van der Waals surface area (Å²) in [5, 5.41) is 5.97. The Bertz CT molecular complexity index is 2010. The van der Waals surface area contributed by atoms with Gasteiger partial charge >= 0.3 is 0 Å². The summed E-state index contributed by atoms with van der Waals surface area (Å²) in [5.41, 5.74) is 3.22. The number of thioether (sulfide) groups is 1. The Balaban J connectivity index is 1.26. The quantitative estimate of drug-likeness (QED) is 0.207. The van der Waals surface area contributed by atoms with Crippen LogP contribution in [0.3, 0.4) is 0 Å². The van der Waals surface area contributed by atoms with Gasteiger partial charge in [-0.3, -0.25) is 4.79 Å². The lowest BCUT2D eigenvalue weighted by Gasteiger charge is -2.34. The van der Waals surface area contributed by atoms with E-state index in [4.69, 9.17) is 28.6 Å². The van der Waals surface area contributed by atoms with Crippen LogP contribution in [0.4, 0.5) is 23.1 Å². The predicted molar refractivity (Wildman–Crippen MR) is 213 cm³/mol. The van der Waals surface area contributed by atoms with Gasteiger partial charge in [-0.15, -0.1) is 0 Å². The summed E-state index contributed by atoms with van der Waals surface area (Å²) in [6.45, 7) is 11.2. The zero-order chi connectivity index (χ0) is 37.8. The van der Waals surface area contributed by atoms with Crippen LogP contribution < -0.4 is 15.4 Å². The summed E-state index contributed by atoms with van der Waals surface area (Å²) < 4.78 is 56.4. The first-order valence-electron chi connectivity index (χ1n) is 17.1. The van der Waals surface area contributed by atoms with Gasteiger partial charge in [0.05, 0.1) is 51.1 Å². The number of nitrogens with one attached hydrogen (secondary N) is 2. The first-order valence-corrected chi connectivity index (χ1v) is 22.3. The number of hydrogen-bond acceptors (Lipinski definition) is 12. The van der Waals surface area contributed by atoms with Crippen molar-refractivity contribution in [3.63, 3.8) is 0 Å². The highest BCUT2D eigenvalue weighted by Gasteiger charge is 2.28. The van der Waals surface area contributed by atoms with Crippen LogP contribution in [-0.2, 0) is 24.5 Å². The maximum absolute atomic E-state index is 13.1. The Morgan fingerprint density at radius 1 is 1.04 bits per heavy atom. The number of rotatable bonds is 11. The van der Waals surface area contributed by atoms with Gasteiger partial charge in [0, 0.05) is 26.2 Å². The molecule has 0 atom stereocenters. The summed E-state index contributed by atoms with van der Waals surface area (Å²) in [6.07, 6.45) is 2.92. The Kier molecular flexibility index (Phi) is 13.0. The van der Waals surface area contributed by atoms with Crippen molar-refractivity contribution in [3.8, 4) is 5.75 Å². The largest absolute Gasteiger partial charge is 0.489 e. The van der Waals surface area contributed by atoms with Gasteiger partial charge in [0.2, 0.25) is 11.9 Å². The minimum absolute atomic E-state index is 0.0254. The molecule has 0 radical (unpaired) electrons. The second-order valence-corrected chi connectivity index (χ2v) is 20.2. The second-order valence-electron chi connectivity index (χ2n) is 13.5. The van der Waals surface area contributed by atoms with Crippen molar-refractivity contribution in [3.05, 3.63) is 58.7 Å². The highest BCUT2D eigenvalue weighted by molar-refractivity contribution is 8.23. The molecule has 1 amide bonds. The number of aryl methyl sites for hydroxylation is 1. The third kappa shape index (κ3) is 9.87. The number of sulfone groups is 2. The van der Waals surface area contributed by atoms with E-state index in [-0.39, 0.29) is 56.9 Å². The normalized spacial score (nSPS) is 16.6. The topological polar surface area (TPSA) is 151 Å². The summed E-state index contributed by atoms with van der Waals surface area (Å²) in [6, 6.07) is 10.7. The van der Waals surface area contributed by atoms with Gasteiger partial charge in [-0.1, -0.05) is 47.7 Å². The van der Waals surface area contributed by atoms with Crippen molar-refractivity contribution in [2.75, 3.05) is 54.1 Å². The molecule has 2 aliphatic rings. The molecule has 2 fully saturated rings. The number of likely N-dealkylation sites (tertiary alicyclic amines) is 1. The number of para-hydroxylation sites is 1. The van der Waals surface area contributed by atoms with Crippen molar-refractivity contribution in [1.82, 2.24) is 19.8 Å². The molecular formula is C35H45ClN6O6S4. The van der Waals surface area contributed by atoms with Crippen molar-refractivity contribution in [2.45, 2.75) is 69.6 Å². The van der Waals surface area contributed by atoms with Crippen LogP contribution in [0.5, 0.6) is 5.75 Å². The Morgan fingerprint density at radius 2 is 1.71 bits per heavy atom. The third-order valence-electron chi connectivity index (χ3n) is 9.00. The molecular weight excluding hydrogens is 764 g/mol. The zero-order valence-electron chi connectivity index (χ0n) is 29.9. The fourth-order valence-corrected chi connectivity index (χ4v) is 9.76. The predicted octanol–water partition coefficient (Wildman–Crippen LogP) is 6.35. The number of hydrogen-bond donors (Lipinski definition) is 2. The van der Waals surface area contributed by atoms with E-state index in [0.29, 0.717) is 47.6 Å². The van der Waals surface area contributed by atoms with Gasteiger partial charge in [-0.05, 0) is 88.8 Å². The first kappa shape index (κ1) is 40.0. The SMILES string of the molecule is Cc1cc(Nc2ncc(Cl)c(Nc3ccccc3S(=O)(=O)C(C)C)n2)c(OC(C)C)cc1C1CCN(C(=O)CSC(=S)N2CCS(=O)(=O)CC2)CC1. The summed E-state index contributed by atoms with van der Waals surface area (Å²) >= 11 is 13.3. The Morgan fingerprint density at radius 3 is 2.37 bits per heavy atom. The molecule has 2 N–H and O–H groups in total. The molecule has 2 aromatic carbocycles. The van der Waals surface area contributed by atoms with E-state index >= 15 is 0 Å². The van der Waals surface area contributed by atoms with Crippen LogP contribution in [-0.4, -0.2) is 102 Å². The average molecular weight is 810 g/mol. The molecule has 282 valence electrons. The van der Waals surface area contributed by atoms with Crippen LogP contribution in [0.25, 0.3) is 0 Å². The molecule has 17 heteroatoms. The molecule has 3 heterocycles. The first-order chi connectivity index (χ1) is 24.5. The van der Waals surface area contributed by atoms with Gasteiger partial charge in [0.25, 0.3) is 0 Å². The lowest BCUT2D eigenvalue weighted by molar-refractivity contribution is -0.129. The number of anilines is 4. The van der Waals surface area contributed by atoms with E-state index < -0.39 is 24.9 Å². The number of nitrogens with zero attached hydrogens (tertiary/aromatic N) is 4. The van der Waals surface area contributed by atoms with Crippen LogP contribution in [0.15, 0.2) is 47.5 Å². The number of halogens is 1. The number of aromatic nitrogens is 2. The highest BCUT2D eigenvalue weighted by atomic mass is 35.5. The molecule has 3 aromatic rings. The molecule has 0 saturated carbocycles. The Labute approximate surface area is 321 Å². The lowest BCUT2D eigenvalue weighted by Crippen LogP contribution is -2.43. The van der Waals surface area contributed by atoms with Crippen LogP contribution >= 0.6 is 35.6 Å². The van der Waals surface area contributed by atoms with E-state index in [1.54, 1.807) is 38.1 Å².